The van der Waals surface area contributed by atoms with E-state index in [9.17, 15) is 9.59 Å². The van der Waals surface area contributed by atoms with E-state index in [-0.39, 0.29) is 11.7 Å². The molecule has 5 heteroatoms. The van der Waals surface area contributed by atoms with Gasteiger partial charge in [0.05, 0.1) is 5.75 Å². The fourth-order valence-corrected chi connectivity index (χ4v) is 2.37. The maximum absolute atomic E-state index is 11.6. The molecule has 1 aromatic rings. The van der Waals surface area contributed by atoms with Crippen molar-refractivity contribution in [1.29, 1.82) is 0 Å². The molecular formula is C15H21NO3S. The predicted octanol–water partition coefficient (Wildman–Crippen LogP) is 2.50. The fraction of sp³-hybridized carbons (Fsp3) is 0.467. The lowest BCUT2D eigenvalue weighted by molar-refractivity contribution is -0.133. The quantitative estimate of drug-likeness (QED) is 0.687. The number of hydrogen-bond acceptors (Lipinski definition) is 3. The molecule has 20 heavy (non-hydrogen) atoms. The highest BCUT2D eigenvalue weighted by Crippen LogP contribution is 2.19. The van der Waals surface area contributed by atoms with E-state index in [0.29, 0.717) is 24.6 Å². The number of thioether (sulfide) groups is 1. The number of rotatable bonds is 9. The SMILES string of the molecule is CC(CCC(=O)NCCSCC(=O)O)c1ccccc1. The molecule has 0 radical (unpaired) electrons. The van der Waals surface area contributed by atoms with Crippen LogP contribution in [0.3, 0.4) is 0 Å². The molecule has 0 aliphatic heterocycles. The van der Waals surface area contributed by atoms with Gasteiger partial charge in [0.2, 0.25) is 5.91 Å². The normalized spacial score (nSPS) is 11.8. The molecule has 0 heterocycles. The van der Waals surface area contributed by atoms with Crippen LogP contribution in [0.1, 0.15) is 31.2 Å². The molecule has 1 aromatic carbocycles. The van der Waals surface area contributed by atoms with Gasteiger partial charge in [0, 0.05) is 18.7 Å². The van der Waals surface area contributed by atoms with E-state index in [1.165, 1.54) is 17.3 Å². The van der Waals surface area contributed by atoms with Crippen molar-refractivity contribution < 1.29 is 14.7 Å². The summed E-state index contributed by atoms with van der Waals surface area (Å²) in [4.78, 5) is 21.9. The first-order valence-corrected chi connectivity index (χ1v) is 7.86. The average Bonchev–Trinajstić information content (AvgIpc) is 2.45. The number of hydrogen-bond donors (Lipinski definition) is 2. The Labute approximate surface area is 124 Å². The molecule has 0 bridgehead atoms. The average molecular weight is 295 g/mol. The van der Waals surface area contributed by atoms with Crippen molar-refractivity contribution in [2.75, 3.05) is 18.1 Å². The van der Waals surface area contributed by atoms with Gasteiger partial charge in [0.15, 0.2) is 0 Å². The van der Waals surface area contributed by atoms with Gasteiger partial charge in [0.1, 0.15) is 0 Å². The Balaban J connectivity index is 2.12. The lowest BCUT2D eigenvalue weighted by Crippen LogP contribution is -2.26. The van der Waals surface area contributed by atoms with E-state index in [0.717, 1.165) is 6.42 Å². The third kappa shape index (κ3) is 7.19. The third-order valence-electron chi connectivity index (χ3n) is 2.97. The van der Waals surface area contributed by atoms with Crippen LogP contribution in [0, 0.1) is 0 Å². The molecule has 110 valence electrons. The predicted molar refractivity (Wildman–Crippen MR) is 82.1 cm³/mol. The van der Waals surface area contributed by atoms with Crippen LogP contribution in [-0.2, 0) is 9.59 Å². The summed E-state index contributed by atoms with van der Waals surface area (Å²) in [6.45, 7) is 2.64. The topological polar surface area (TPSA) is 66.4 Å². The summed E-state index contributed by atoms with van der Waals surface area (Å²) in [5.74, 6) is 0.290. The summed E-state index contributed by atoms with van der Waals surface area (Å²) in [6, 6.07) is 10.1. The van der Waals surface area contributed by atoms with Crippen LogP contribution >= 0.6 is 11.8 Å². The van der Waals surface area contributed by atoms with Crippen LogP contribution < -0.4 is 5.32 Å². The van der Waals surface area contributed by atoms with Crippen molar-refractivity contribution in [3.8, 4) is 0 Å². The number of carboxylic acids is 1. The van der Waals surface area contributed by atoms with Crippen molar-refractivity contribution in [3.63, 3.8) is 0 Å². The van der Waals surface area contributed by atoms with Crippen molar-refractivity contribution in [2.45, 2.75) is 25.7 Å². The molecule has 0 spiro atoms. The maximum Gasteiger partial charge on any atom is 0.313 e. The highest BCUT2D eigenvalue weighted by Gasteiger charge is 2.08. The molecule has 1 atom stereocenters. The minimum Gasteiger partial charge on any atom is -0.481 e. The van der Waals surface area contributed by atoms with Crippen LogP contribution in [0.25, 0.3) is 0 Å². The van der Waals surface area contributed by atoms with E-state index < -0.39 is 5.97 Å². The van der Waals surface area contributed by atoms with E-state index in [1.54, 1.807) is 0 Å². The Hall–Kier alpha value is -1.49. The van der Waals surface area contributed by atoms with Crippen LogP contribution in [-0.4, -0.2) is 35.0 Å². The second-order valence-electron chi connectivity index (χ2n) is 4.65. The summed E-state index contributed by atoms with van der Waals surface area (Å²) in [5.41, 5.74) is 1.25. The van der Waals surface area contributed by atoms with Crippen molar-refractivity contribution in [3.05, 3.63) is 35.9 Å². The monoisotopic (exact) mass is 295 g/mol. The second kappa shape index (κ2) is 9.42. The van der Waals surface area contributed by atoms with Crippen LogP contribution in [0.5, 0.6) is 0 Å². The van der Waals surface area contributed by atoms with Gasteiger partial charge >= 0.3 is 5.97 Å². The van der Waals surface area contributed by atoms with Gasteiger partial charge in [-0.2, -0.15) is 0 Å². The highest BCUT2D eigenvalue weighted by atomic mass is 32.2. The fourth-order valence-electron chi connectivity index (χ4n) is 1.81. The first kappa shape index (κ1) is 16.6. The van der Waals surface area contributed by atoms with Crippen molar-refractivity contribution in [1.82, 2.24) is 5.32 Å². The molecule has 1 unspecified atom stereocenters. The van der Waals surface area contributed by atoms with Crippen LogP contribution in [0.4, 0.5) is 0 Å². The Kier molecular flexibility index (Phi) is 7.80. The number of carbonyl (C=O) groups is 2. The summed E-state index contributed by atoms with van der Waals surface area (Å²) in [5, 5.41) is 11.3. The largest absolute Gasteiger partial charge is 0.481 e. The van der Waals surface area contributed by atoms with Gasteiger partial charge in [-0.3, -0.25) is 9.59 Å². The maximum atomic E-state index is 11.6. The second-order valence-corrected chi connectivity index (χ2v) is 5.75. The van der Waals surface area contributed by atoms with Gasteiger partial charge in [-0.25, -0.2) is 0 Å². The summed E-state index contributed by atoms with van der Waals surface area (Å²) in [7, 11) is 0. The molecule has 0 aliphatic rings. The van der Waals surface area contributed by atoms with E-state index in [2.05, 4.69) is 24.4 Å². The number of aliphatic carboxylic acids is 1. The van der Waals surface area contributed by atoms with Gasteiger partial charge in [-0.15, -0.1) is 11.8 Å². The number of amides is 1. The summed E-state index contributed by atoms with van der Waals surface area (Å²) in [6.07, 6.45) is 1.32. The van der Waals surface area contributed by atoms with Gasteiger partial charge in [-0.1, -0.05) is 37.3 Å². The standard InChI is InChI=1S/C15H21NO3S/c1-12(13-5-3-2-4-6-13)7-8-14(17)16-9-10-20-11-15(18)19/h2-6,12H,7-11H2,1H3,(H,16,17)(H,18,19). The zero-order valence-corrected chi connectivity index (χ0v) is 12.5. The van der Waals surface area contributed by atoms with Crippen molar-refractivity contribution >= 4 is 23.6 Å². The van der Waals surface area contributed by atoms with E-state index >= 15 is 0 Å². The van der Waals surface area contributed by atoms with E-state index in [1.807, 2.05) is 18.2 Å². The Morgan fingerprint density at radius 3 is 2.65 bits per heavy atom. The lowest BCUT2D eigenvalue weighted by atomic mass is 9.96. The first-order valence-electron chi connectivity index (χ1n) is 6.70. The number of carboxylic acid groups (broad SMARTS) is 1. The molecular weight excluding hydrogens is 274 g/mol. The van der Waals surface area contributed by atoms with Gasteiger partial charge in [0.25, 0.3) is 0 Å². The molecule has 1 amide bonds. The zero-order chi connectivity index (χ0) is 14.8. The lowest BCUT2D eigenvalue weighted by Gasteiger charge is -2.11. The summed E-state index contributed by atoms with van der Waals surface area (Å²) < 4.78 is 0. The number of benzene rings is 1. The molecule has 0 fully saturated rings. The first-order chi connectivity index (χ1) is 9.59. The van der Waals surface area contributed by atoms with Gasteiger partial charge in [-0.05, 0) is 17.9 Å². The molecule has 0 saturated heterocycles. The molecule has 1 rings (SSSR count). The summed E-state index contributed by atoms with van der Waals surface area (Å²) >= 11 is 1.31. The molecule has 0 aliphatic carbocycles. The Morgan fingerprint density at radius 1 is 1.30 bits per heavy atom. The third-order valence-corrected chi connectivity index (χ3v) is 3.91. The van der Waals surface area contributed by atoms with Crippen molar-refractivity contribution in [2.24, 2.45) is 0 Å². The Bertz CT molecular complexity index is 422. The molecule has 2 N–H and O–H groups in total. The molecule has 0 saturated carbocycles. The smallest absolute Gasteiger partial charge is 0.313 e. The Morgan fingerprint density at radius 2 is 2.00 bits per heavy atom. The molecule has 0 aromatic heterocycles. The minimum atomic E-state index is -0.821. The number of nitrogens with one attached hydrogen (secondary N) is 1. The van der Waals surface area contributed by atoms with Crippen LogP contribution in [0.2, 0.25) is 0 Å². The van der Waals surface area contributed by atoms with Gasteiger partial charge < -0.3 is 10.4 Å². The van der Waals surface area contributed by atoms with E-state index in [4.69, 9.17) is 5.11 Å². The minimum absolute atomic E-state index is 0.0312. The molecule has 4 nitrogen and oxygen atoms in total. The zero-order valence-electron chi connectivity index (χ0n) is 11.7. The highest BCUT2D eigenvalue weighted by molar-refractivity contribution is 7.99. The van der Waals surface area contributed by atoms with Crippen LogP contribution in [0.15, 0.2) is 30.3 Å². The number of carbonyl (C=O) groups excluding carboxylic acids is 1.